The molecule has 5 nitrogen and oxygen atoms in total. The van der Waals surface area contributed by atoms with Gasteiger partial charge in [-0.2, -0.15) is 0 Å². The van der Waals surface area contributed by atoms with Gasteiger partial charge in [0, 0.05) is 6.54 Å². The van der Waals surface area contributed by atoms with Gasteiger partial charge in [0.25, 0.3) is 0 Å². The lowest BCUT2D eigenvalue weighted by Crippen LogP contribution is -2.33. The highest BCUT2D eigenvalue weighted by molar-refractivity contribution is 7.89. The highest BCUT2D eigenvalue weighted by atomic mass is 32.2. The molecule has 1 fully saturated rings. The van der Waals surface area contributed by atoms with Crippen LogP contribution in [-0.2, 0) is 10.0 Å². The molecule has 0 aromatic heterocycles. The number of para-hydroxylation sites is 1. The molecule has 1 aromatic carbocycles. The fraction of sp³-hybridized carbons (Fsp3) is 0.571. The Morgan fingerprint density at radius 2 is 1.95 bits per heavy atom. The SMILES string of the molecule is Nc1c(F)cccc1S(=O)(=O)NCCCN1CCCCC1. The zero-order chi connectivity index (χ0) is 15.3. The van der Waals surface area contributed by atoms with Crippen LogP contribution in [0, 0.1) is 5.82 Å². The largest absolute Gasteiger partial charge is 0.395 e. The first-order chi connectivity index (χ1) is 10.0. The molecule has 1 aromatic rings. The minimum Gasteiger partial charge on any atom is -0.395 e. The standard InChI is InChI=1S/C14H22FN3O2S/c15-12-6-4-7-13(14(12)16)21(19,20)17-8-5-11-18-9-2-1-3-10-18/h4,6-7,17H,1-3,5,8-11,16H2. The number of likely N-dealkylation sites (tertiary alicyclic amines) is 1. The van der Waals surface area contributed by atoms with E-state index in [2.05, 4.69) is 9.62 Å². The van der Waals surface area contributed by atoms with E-state index in [4.69, 9.17) is 5.73 Å². The molecule has 0 radical (unpaired) electrons. The molecule has 0 spiro atoms. The molecule has 0 atom stereocenters. The number of nitrogen functional groups attached to an aromatic ring is 1. The number of nitrogens with zero attached hydrogens (tertiary/aromatic N) is 1. The van der Waals surface area contributed by atoms with Crippen molar-refractivity contribution in [1.29, 1.82) is 0 Å². The smallest absolute Gasteiger partial charge is 0.242 e. The average molecular weight is 315 g/mol. The van der Waals surface area contributed by atoms with Gasteiger partial charge in [-0.05, 0) is 51.0 Å². The lowest BCUT2D eigenvalue weighted by Gasteiger charge is -2.26. The number of piperidine rings is 1. The van der Waals surface area contributed by atoms with Crippen LogP contribution in [0.3, 0.4) is 0 Å². The van der Waals surface area contributed by atoms with Crippen molar-refractivity contribution in [2.24, 2.45) is 0 Å². The number of nitrogens with one attached hydrogen (secondary N) is 1. The van der Waals surface area contributed by atoms with Crippen LogP contribution in [0.25, 0.3) is 0 Å². The molecule has 21 heavy (non-hydrogen) atoms. The van der Waals surface area contributed by atoms with E-state index in [1.807, 2.05) is 0 Å². The van der Waals surface area contributed by atoms with Gasteiger partial charge >= 0.3 is 0 Å². The maximum absolute atomic E-state index is 13.3. The van der Waals surface area contributed by atoms with Crippen LogP contribution in [-0.4, -0.2) is 39.5 Å². The van der Waals surface area contributed by atoms with Crippen LogP contribution in [0.5, 0.6) is 0 Å². The summed E-state index contributed by atoms with van der Waals surface area (Å²) in [5.41, 5.74) is 5.16. The van der Waals surface area contributed by atoms with E-state index in [0.29, 0.717) is 6.54 Å². The van der Waals surface area contributed by atoms with Crippen molar-refractivity contribution in [2.75, 3.05) is 31.9 Å². The maximum Gasteiger partial charge on any atom is 0.242 e. The molecule has 1 aliphatic heterocycles. The molecule has 1 heterocycles. The molecule has 0 saturated carbocycles. The number of sulfonamides is 1. The van der Waals surface area contributed by atoms with E-state index in [1.165, 1.54) is 31.4 Å². The Hall–Kier alpha value is -1.18. The Bertz CT molecular complexity index is 572. The summed E-state index contributed by atoms with van der Waals surface area (Å²) in [6.45, 7) is 3.38. The van der Waals surface area contributed by atoms with Gasteiger partial charge in [-0.15, -0.1) is 0 Å². The third-order valence-corrected chi connectivity index (χ3v) is 5.21. The number of rotatable bonds is 6. The van der Waals surface area contributed by atoms with Crippen molar-refractivity contribution in [2.45, 2.75) is 30.6 Å². The fourth-order valence-electron chi connectivity index (χ4n) is 2.52. The Morgan fingerprint density at radius 3 is 2.67 bits per heavy atom. The number of hydrogen-bond acceptors (Lipinski definition) is 4. The molecule has 1 saturated heterocycles. The predicted octanol–water partition coefficient (Wildman–Crippen LogP) is 1.56. The number of halogens is 1. The van der Waals surface area contributed by atoms with Crippen LogP contribution < -0.4 is 10.5 Å². The molecular weight excluding hydrogens is 293 g/mol. The highest BCUT2D eigenvalue weighted by Crippen LogP contribution is 2.20. The Labute approximate surface area is 125 Å². The first-order valence-electron chi connectivity index (χ1n) is 7.27. The number of anilines is 1. The monoisotopic (exact) mass is 315 g/mol. The fourth-order valence-corrected chi connectivity index (χ4v) is 3.73. The van der Waals surface area contributed by atoms with Crippen molar-refractivity contribution in [3.05, 3.63) is 24.0 Å². The first kappa shape index (κ1) is 16.2. The summed E-state index contributed by atoms with van der Waals surface area (Å²) in [5.74, 6) is -0.716. The van der Waals surface area contributed by atoms with Crippen molar-refractivity contribution < 1.29 is 12.8 Å². The second-order valence-corrected chi connectivity index (χ2v) is 7.04. The van der Waals surface area contributed by atoms with Gasteiger partial charge in [-0.1, -0.05) is 12.5 Å². The summed E-state index contributed by atoms with van der Waals surface area (Å²) < 4.78 is 40.0. The van der Waals surface area contributed by atoms with Gasteiger partial charge in [0.15, 0.2) is 0 Å². The van der Waals surface area contributed by atoms with E-state index in [1.54, 1.807) is 0 Å². The van der Waals surface area contributed by atoms with Crippen LogP contribution in [0.2, 0.25) is 0 Å². The summed E-state index contributed by atoms with van der Waals surface area (Å²) in [6.07, 6.45) is 4.44. The second kappa shape index (κ2) is 7.20. The van der Waals surface area contributed by atoms with Crippen molar-refractivity contribution >= 4 is 15.7 Å². The van der Waals surface area contributed by atoms with Crippen molar-refractivity contribution in [3.63, 3.8) is 0 Å². The molecule has 118 valence electrons. The molecule has 3 N–H and O–H groups in total. The summed E-state index contributed by atoms with van der Waals surface area (Å²) >= 11 is 0. The average Bonchev–Trinajstić information content (AvgIpc) is 2.47. The van der Waals surface area contributed by atoms with Gasteiger partial charge in [0.1, 0.15) is 10.7 Å². The normalized spacial score (nSPS) is 17.0. The maximum atomic E-state index is 13.3. The van der Waals surface area contributed by atoms with E-state index < -0.39 is 15.8 Å². The summed E-state index contributed by atoms with van der Waals surface area (Å²) in [4.78, 5) is 2.15. The number of hydrogen-bond donors (Lipinski definition) is 2. The third kappa shape index (κ3) is 4.39. The quantitative estimate of drug-likeness (QED) is 0.617. The topological polar surface area (TPSA) is 75.4 Å². The molecule has 1 aliphatic rings. The molecule has 0 unspecified atom stereocenters. The summed E-state index contributed by atoms with van der Waals surface area (Å²) in [6, 6.07) is 3.80. The number of benzene rings is 1. The van der Waals surface area contributed by atoms with Crippen LogP contribution in [0.4, 0.5) is 10.1 Å². The van der Waals surface area contributed by atoms with E-state index in [-0.39, 0.29) is 10.6 Å². The van der Waals surface area contributed by atoms with E-state index >= 15 is 0 Å². The van der Waals surface area contributed by atoms with Gasteiger partial charge in [-0.3, -0.25) is 0 Å². The van der Waals surface area contributed by atoms with Gasteiger partial charge in [0.05, 0.1) is 5.69 Å². The summed E-state index contributed by atoms with van der Waals surface area (Å²) in [7, 11) is -3.75. The minimum absolute atomic E-state index is 0.194. The summed E-state index contributed by atoms with van der Waals surface area (Å²) in [5, 5.41) is 0. The molecule has 2 rings (SSSR count). The Balaban J connectivity index is 1.85. The molecule has 0 amide bonds. The van der Waals surface area contributed by atoms with Gasteiger partial charge in [0.2, 0.25) is 10.0 Å². The third-order valence-electron chi connectivity index (χ3n) is 3.69. The zero-order valence-corrected chi connectivity index (χ0v) is 12.8. The van der Waals surface area contributed by atoms with Gasteiger partial charge in [-0.25, -0.2) is 17.5 Å². The minimum atomic E-state index is -3.75. The van der Waals surface area contributed by atoms with Crippen LogP contribution in [0.1, 0.15) is 25.7 Å². The Morgan fingerprint density at radius 1 is 1.24 bits per heavy atom. The molecule has 7 heteroatoms. The van der Waals surface area contributed by atoms with E-state index in [0.717, 1.165) is 32.1 Å². The predicted molar refractivity (Wildman–Crippen MR) is 80.9 cm³/mol. The van der Waals surface area contributed by atoms with Gasteiger partial charge < -0.3 is 10.6 Å². The molecule has 0 bridgehead atoms. The van der Waals surface area contributed by atoms with Crippen molar-refractivity contribution in [3.8, 4) is 0 Å². The second-order valence-electron chi connectivity index (χ2n) is 5.31. The van der Waals surface area contributed by atoms with Crippen LogP contribution >= 0.6 is 0 Å². The first-order valence-corrected chi connectivity index (χ1v) is 8.75. The van der Waals surface area contributed by atoms with E-state index in [9.17, 15) is 12.8 Å². The Kier molecular flexibility index (Phi) is 5.55. The number of nitrogens with two attached hydrogens (primary N) is 1. The highest BCUT2D eigenvalue weighted by Gasteiger charge is 2.19. The van der Waals surface area contributed by atoms with Crippen LogP contribution in [0.15, 0.2) is 23.1 Å². The van der Waals surface area contributed by atoms with Crippen molar-refractivity contribution in [1.82, 2.24) is 9.62 Å². The molecular formula is C14H22FN3O2S. The zero-order valence-electron chi connectivity index (χ0n) is 12.0. The molecule has 0 aliphatic carbocycles. The lowest BCUT2D eigenvalue weighted by molar-refractivity contribution is 0.227. The lowest BCUT2D eigenvalue weighted by atomic mass is 10.1.